The van der Waals surface area contributed by atoms with Crippen molar-refractivity contribution in [2.75, 3.05) is 7.11 Å². The topological polar surface area (TPSA) is 69.4 Å². The predicted molar refractivity (Wildman–Crippen MR) is 59.7 cm³/mol. The van der Waals surface area contributed by atoms with Gasteiger partial charge in [0.15, 0.2) is 0 Å². The van der Waals surface area contributed by atoms with Crippen LogP contribution in [0.15, 0.2) is 24.3 Å². The van der Waals surface area contributed by atoms with Crippen LogP contribution in [0.25, 0.3) is 0 Å². The summed E-state index contributed by atoms with van der Waals surface area (Å²) in [4.78, 5) is 22.5. The first kappa shape index (κ1) is 13.3. The van der Waals surface area contributed by atoms with Crippen LogP contribution in [0.4, 0.5) is 4.39 Å². The molecule has 1 aromatic rings. The van der Waals surface area contributed by atoms with Crippen molar-refractivity contribution in [1.82, 2.24) is 0 Å². The second-order valence-electron chi connectivity index (χ2n) is 3.68. The van der Waals surface area contributed by atoms with E-state index in [-0.39, 0.29) is 24.4 Å². The summed E-state index contributed by atoms with van der Waals surface area (Å²) in [6.07, 6.45) is 0.0506. The first-order chi connectivity index (χ1) is 8.02. The maximum absolute atomic E-state index is 12.6. The van der Waals surface area contributed by atoms with E-state index in [4.69, 9.17) is 5.73 Å². The molecule has 1 rings (SSSR count). The van der Waals surface area contributed by atoms with E-state index in [1.165, 1.54) is 31.4 Å². The highest BCUT2D eigenvalue weighted by atomic mass is 19.1. The van der Waals surface area contributed by atoms with Gasteiger partial charge in [0.1, 0.15) is 17.6 Å². The number of carbonyl (C=O) groups is 2. The number of ketones is 1. The summed E-state index contributed by atoms with van der Waals surface area (Å²) in [5.41, 5.74) is 6.14. The first-order valence-electron chi connectivity index (χ1n) is 5.12. The van der Waals surface area contributed by atoms with Crippen LogP contribution in [-0.4, -0.2) is 24.9 Å². The normalized spacial score (nSPS) is 11.9. The van der Waals surface area contributed by atoms with Crippen LogP contribution in [0.1, 0.15) is 12.0 Å². The molecule has 0 bridgehead atoms. The Morgan fingerprint density at radius 1 is 1.35 bits per heavy atom. The van der Waals surface area contributed by atoms with Gasteiger partial charge in [-0.05, 0) is 17.7 Å². The van der Waals surface area contributed by atoms with Gasteiger partial charge in [-0.15, -0.1) is 0 Å². The Hall–Kier alpha value is -1.75. The van der Waals surface area contributed by atoms with Crippen molar-refractivity contribution in [2.24, 2.45) is 5.73 Å². The molecule has 17 heavy (non-hydrogen) atoms. The molecule has 2 N–H and O–H groups in total. The van der Waals surface area contributed by atoms with E-state index < -0.39 is 12.0 Å². The van der Waals surface area contributed by atoms with Crippen LogP contribution >= 0.6 is 0 Å². The van der Waals surface area contributed by atoms with Gasteiger partial charge in [0.25, 0.3) is 0 Å². The van der Waals surface area contributed by atoms with Crippen LogP contribution in [-0.2, 0) is 20.7 Å². The molecule has 0 aliphatic rings. The van der Waals surface area contributed by atoms with Crippen LogP contribution in [0, 0.1) is 5.82 Å². The van der Waals surface area contributed by atoms with Crippen molar-refractivity contribution in [3.8, 4) is 0 Å². The summed E-state index contributed by atoms with van der Waals surface area (Å²) in [5, 5.41) is 0. The molecular formula is C12H14FNO3. The number of esters is 1. The summed E-state index contributed by atoms with van der Waals surface area (Å²) >= 11 is 0. The zero-order chi connectivity index (χ0) is 12.8. The van der Waals surface area contributed by atoms with Gasteiger partial charge in [-0.1, -0.05) is 12.1 Å². The standard InChI is InChI=1S/C12H14FNO3/c1-17-12(16)11(14)7-10(15)6-8-2-4-9(13)5-3-8/h2-5,11H,6-7,14H2,1H3. The zero-order valence-corrected chi connectivity index (χ0v) is 9.48. The third-order valence-electron chi connectivity index (χ3n) is 2.27. The number of carbonyl (C=O) groups excluding carboxylic acids is 2. The quantitative estimate of drug-likeness (QED) is 0.772. The summed E-state index contributed by atoms with van der Waals surface area (Å²) in [7, 11) is 1.21. The Morgan fingerprint density at radius 3 is 2.47 bits per heavy atom. The minimum Gasteiger partial charge on any atom is -0.468 e. The molecule has 1 atom stereocenters. The maximum Gasteiger partial charge on any atom is 0.323 e. The highest BCUT2D eigenvalue weighted by molar-refractivity contribution is 5.87. The smallest absolute Gasteiger partial charge is 0.323 e. The van der Waals surface area contributed by atoms with Gasteiger partial charge in [0, 0.05) is 12.8 Å². The fraction of sp³-hybridized carbons (Fsp3) is 0.333. The van der Waals surface area contributed by atoms with E-state index in [0.717, 1.165) is 0 Å². The molecule has 1 aromatic carbocycles. The van der Waals surface area contributed by atoms with E-state index in [0.29, 0.717) is 5.56 Å². The highest BCUT2D eigenvalue weighted by Gasteiger charge is 2.17. The third kappa shape index (κ3) is 4.32. The summed E-state index contributed by atoms with van der Waals surface area (Å²) in [6, 6.07) is 4.67. The lowest BCUT2D eigenvalue weighted by Crippen LogP contribution is -2.34. The van der Waals surface area contributed by atoms with Crippen molar-refractivity contribution in [3.05, 3.63) is 35.6 Å². The molecule has 0 aromatic heterocycles. The van der Waals surface area contributed by atoms with Gasteiger partial charge in [-0.25, -0.2) is 4.39 Å². The molecule has 4 nitrogen and oxygen atoms in total. The summed E-state index contributed by atoms with van der Waals surface area (Å²) in [5.74, 6) is -1.15. The van der Waals surface area contributed by atoms with E-state index in [9.17, 15) is 14.0 Å². The van der Waals surface area contributed by atoms with Crippen LogP contribution in [0.3, 0.4) is 0 Å². The molecule has 0 aliphatic heterocycles. The number of hydrogen-bond acceptors (Lipinski definition) is 4. The Balaban J connectivity index is 2.50. The average molecular weight is 239 g/mol. The van der Waals surface area contributed by atoms with Gasteiger partial charge in [-0.2, -0.15) is 0 Å². The minimum atomic E-state index is -0.937. The lowest BCUT2D eigenvalue weighted by Gasteiger charge is -2.08. The Bertz CT molecular complexity index is 403. The number of ether oxygens (including phenoxy) is 1. The number of halogens is 1. The number of rotatable bonds is 5. The highest BCUT2D eigenvalue weighted by Crippen LogP contribution is 2.06. The molecule has 92 valence electrons. The van der Waals surface area contributed by atoms with Gasteiger partial charge in [0.05, 0.1) is 7.11 Å². The van der Waals surface area contributed by atoms with E-state index >= 15 is 0 Å². The molecule has 0 fully saturated rings. The lowest BCUT2D eigenvalue weighted by atomic mass is 10.0. The SMILES string of the molecule is COC(=O)C(N)CC(=O)Cc1ccc(F)cc1. The number of benzene rings is 1. The van der Waals surface area contributed by atoms with Gasteiger partial charge < -0.3 is 10.5 Å². The summed E-state index contributed by atoms with van der Waals surface area (Å²) in [6.45, 7) is 0. The van der Waals surface area contributed by atoms with Crippen molar-refractivity contribution in [1.29, 1.82) is 0 Å². The zero-order valence-electron chi connectivity index (χ0n) is 9.48. The van der Waals surface area contributed by atoms with Gasteiger partial charge >= 0.3 is 5.97 Å². The Labute approximate surface area is 98.6 Å². The second-order valence-corrected chi connectivity index (χ2v) is 3.68. The minimum absolute atomic E-state index is 0.0793. The third-order valence-corrected chi connectivity index (χ3v) is 2.27. The van der Waals surface area contributed by atoms with Gasteiger partial charge in [0.2, 0.25) is 0 Å². The maximum atomic E-state index is 12.6. The number of nitrogens with two attached hydrogens (primary N) is 1. The summed E-state index contributed by atoms with van der Waals surface area (Å²) < 4.78 is 17.0. The molecule has 0 saturated heterocycles. The molecule has 0 aliphatic carbocycles. The molecular weight excluding hydrogens is 225 g/mol. The molecule has 0 saturated carbocycles. The monoisotopic (exact) mass is 239 g/mol. The van der Waals surface area contributed by atoms with Crippen LogP contribution in [0.5, 0.6) is 0 Å². The molecule has 0 heterocycles. The Kier molecular flexibility index (Phi) is 4.78. The largest absolute Gasteiger partial charge is 0.468 e. The number of Topliss-reactive ketones (excluding diaryl/α,β-unsaturated/α-hetero) is 1. The number of hydrogen-bond donors (Lipinski definition) is 1. The van der Waals surface area contributed by atoms with Crippen molar-refractivity contribution in [3.63, 3.8) is 0 Å². The number of methoxy groups -OCH3 is 1. The molecule has 5 heteroatoms. The molecule has 1 unspecified atom stereocenters. The van der Waals surface area contributed by atoms with Crippen molar-refractivity contribution < 1.29 is 18.7 Å². The van der Waals surface area contributed by atoms with E-state index in [2.05, 4.69) is 4.74 Å². The van der Waals surface area contributed by atoms with Crippen LogP contribution in [0.2, 0.25) is 0 Å². The lowest BCUT2D eigenvalue weighted by molar-refractivity contribution is -0.143. The van der Waals surface area contributed by atoms with Crippen molar-refractivity contribution >= 4 is 11.8 Å². The fourth-order valence-electron chi connectivity index (χ4n) is 1.38. The Morgan fingerprint density at radius 2 is 1.94 bits per heavy atom. The predicted octanol–water partition coefficient (Wildman–Crippen LogP) is 0.828. The fourth-order valence-corrected chi connectivity index (χ4v) is 1.38. The van der Waals surface area contributed by atoms with Crippen molar-refractivity contribution in [2.45, 2.75) is 18.9 Å². The first-order valence-corrected chi connectivity index (χ1v) is 5.12. The van der Waals surface area contributed by atoms with Gasteiger partial charge in [-0.3, -0.25) is 9.59 Å². The second kappa shape index (κ2) is 6.10. The average Bonchev–Trinajstić information content (AvgIpc) is 2.30. The molecule has 0 amide bonds. The van der Waals surface area contributed by atoms with E-state index in [1.54, 1.807) is 0 Å². The molecule has 0 spiro atoms. The molecule has 0 radical (unpaired) electrons. The van der Waals surface area contributed by atoms with Crippen LogP contribution < -0.4 is 5.73 Å². The van der Waals surface area contributed by atoms with E-state index in [1.807, 2.05) is 0 Å².